The molecular formula is C10H14N4O3S2. The van der Waals surface area contributed by atoms with Crippen LogP contribution < -0.4 is 5.73 Å². The van der Waals surface area contributed by atoms with Crippen molar-refractivity contribution >= 4 is 32.1 Å². The van der Waals surface area contributed by atoms with Gasteiger partial charge in [0, 0.05) is 24.7 Å². The number of rotatable bonds is 2. The highest BCUT2D eigenvalue weighted by molar-refractivity contribution is 7.89. The van der Waals surface area contributed by atoms with Crippen molar-refractivity contribution in [3.05, 3.63) is 11.6 Å². The van der Waals surface area contributed by atoms with Gasteiger partial charge in [0.25, 0.3) is 10.0 Å². The fourth-order valence-electron chi connectivity index (χ4n) is 2.27. The third-order valence-electron chi connectivity index (χ3n) is 3.24. The SMILES string of the molecule is CC1(O)CCN(S(=O)(=O)c2c(N)nc3sccn23)C1. The normalized spacial score (nSPS) is 25.4. The van der Waals surface area contributed by atoms with Gasteiger partial charge in [-0.2, -0.15) is 4.31 Å². The molecule has 0 aromatic carbocycles. The van der Waals surface area contributed by atoms with Gasteiger partial charge in [-0.05, 0) is 13.3 Å². The molecule has 3 N–H and O–H groups in total. The molecule has 0 bridgehead atoms. The molecule has 0 radical (unpaired) electrons. The smallest absolute Gasteiger partial charge is 0.263 e. The van der Waals surface area contributed by atoms with Crippen LogP contribution in [0.3, 0.4) is 0 Å². The van der Waals surface area contributed by atoms with Crippen molar-refractivity contribution in [3.63, 3.8) is 0 Å². The molecule has 0 amide bonds. The molecule has 1 atom stereocenters. The number of thiazole rings is 1. The summed E-state index contributed by atoms with van der Waals surface area (Å²) in [5.41, 5.74) is 4.74. The average Bonchev–Trinajstić information content (AvgIpc) is 2.91. The maximum atomic E-state index is 12.6. The Morgan fingerprint density at radius 3 is 2.95 bits per heavy atom. The molecule has 0 saturated carbocycles. The van der Waals surface area contributed by atoms with Gasteiger partial charge in [0.2, 0.25) is 0 Å². The van der Waals surface area contributed by atoms with Gasteiger partial charge in [0.05, 0.1) is 5.60 Å². The first-order valence-electron chi connectivity index (χ1n) is 5.75. The summed E-state index contributed by atoms with van der Waals surface area (Å²) in [6.07, 6.45) is 2.04. The molecule has 1 aliphatic heterocycles. The molecule has 3 rings (SSSR count). The summed E-state index contributed by atoms with van der Waals surface area (Å²) in [6, 6.07) is 0. The van der Waals surface area contributed by atoms with Crippen molar-refractivity contribution in [3.8, 4) is 0 Å². The number of nitrogens with two attached hydrogens (primary N) is 1. The lowest BCUT2D eigenvalue weighted by molar-refractivity contribution is 0.0762. The van der Waals surface area contributed by atoms with E-state index in [9.17, 15) is 13.5 Å². The second-order valence-electron chi connectivity index (χ2n) is 4.94. The first kappa shape index (κ1) is 12.9. The van der Waals surface area contributed by atoms with E-state index < -0.39 is 15.6 Å². The number of fused-ring (bicyclic) bond motifs is 1. The van der Waals surface area contributed by atoms with Gasteiger partial charge in [-0.3, -0.25) is 4.40 Å². The molecule has 2 aromatic rings. The van der Waals surface area contributed by atoms with E-state index in [4.69, 9.17) is 5.73 Å². The Morgan fingerprint density at radius 2 is 2.32 bits per heavy atom. The third-order valence-corrected chi connectivity index (χ3v) is 5.89. The molecule has 1 saturated heterocycles. The van der Waals surface area contributed by atoms with Crippen molar-refractivity contribution in [1.82, 2.24) is 13.7 Å². The molecule has 0 aliphatic carbocycles. The minimum Gasteiger partial charge on any atom is -0.389 e. The van der Waals surface area contributed by atoms with E-state index >= 15 is 0 Å². The predicted octanol–water partition coefficient (Wildman–Crippen LogP) is 0.123. The Bertz CT molecular complexity index is 731. The molecule has 104 valence electrons. The van der Waals surface area contributed by atoms with Gasteiger partial charge < -0.3 is 10.8 Å². The Labute approximate surface area is 114 Å². The average molecular weight is 302 g/mol. The molecule has 7 nitrogen and oxygen atoms in total. The molecule has 3 heterocycles. The summed E-state index contributed by atoms with van der Waals surface area (Å²) >= 11 is 1.32. The predicted molar refractivity (Wildman–Crippen MR) is 71.5 cm³/mol. The zero-order valence-electron chi connectivity index (χ0n) is 10.3. The number of nitrogens with zero attached hydrogens (tertiary/aromatic N) is 3. The summed E-state index contributed by atoms with van der Waals surface area (Å²) in [4.78, 5) is 4.58. The lowest BCUT2D eigenvalue weighted by Gasteiger charge is -2.18. The van der Waals surface area contributed by atoms with E-state index in [0.29, 0.717) is 11.4 Å². The lowest BCUT2D eigenvalue weighted by Crippen LogP contribution is -2.34. The van der Waals surface area contributed by atoms with E-state index in [2.05, 4.69) is 4.98 Å². The van der Waals surface area contributed by atoms with Crippen LogP contribution in [0.15, 0.2) is 16.6 Å². The van der Waals surface area contributed by atoms with Crippen LogP contribution in [0.5, 0.6) is 0 Å². The van der Waals surface area contributed by atoms with Gasteiger partial charge in [0.1, 0.15) is 0 Å². The van der Waals surface area contributed by atoms with Gasteiger partial charge >= 0.3 is 0 Å². The van der Waals surface area contributed by atoms with Crippen molar-refractivity contribution in [1.29, 1.82) is 0 Å². The number of anilines is 1. The zero-order valence-corrected chi connectivity index (χ0v) is 11.9. The molecular weight excluding hydrogens is 288 g/mol. The van der Waals surface area contributed by atoms with Crippen LogP contribution in [0.4, 0.5) is 5.82 Å². The molecule has 1 unspecified atom stereocenters. The quantitative estimate of drug-likeness (QED) is 0.821. The number of β-amino-alcohol motifs (C(OH)–C–C–N with tert-alkyl or cyclic N) is 1. The fourth-order valence-corrected chi connectivity index (χ4v) is 4.78. The largest absolute Gasteiger partial charge is 0.389 e. The van der Waals surface area contributed by atoms with Crippen molar-refractivity contribution in [2.45, 2.75) is 24.0 Å². The molecule has 9 heteroatoms. The minimum absolute atomic E-state index is 0.00149. The number of aliphatic hydroxyl groups is 1. The van der Waals surface area contributed by atoms with E-state index in [-0.39, 0.29) is 23.9 Å². The van der Waals surface area contributed by atoms with E-state index in [1.54, 1.807) is 18.5 Å². The first-order valence-corrected chi connectivity index (χ1v) is 8.07. The summed E-state index contributed by atoms with van der Waals surface area (Å²) < 4.78 is 27.9. The highest BCUT2D eigenvalue weighted by Crippen LogP contribution is 2.30. The van der Waals surface area contributed by atoms with E-state index in [1.165, 1.54) is 20.0 Å². The topological polar surface area (TPSA) is 101 Å². The minimum atomic E-state index is -3.74. The van der Waals surface area contributed by atoms with Crippen LogP contribution in [-0.2, 0) is 10.0 Å². The lowest BCUT2D eigenvalue weighted by atomic mass is 10.1. The van der Waals surface area contributed by atoms with Crippen LogP contribution in [0.25, 0.3) is 4.96 Å². The maximum absolute atomic E-state index is 12.6. The Balaban J connectivity index is 2.10. The van der Waals surface area contributed by atoms with Gasteiger partial charge in [-0.1, -0.05) is 0 Å². The van der Waals surface area contributed by atoms with Crippen LogP contribution in [-0.4, -0.2) is 45.9 Å². The molecule has 2 aromatic heterocycles. The monoisotopic (exact) mass is 302 g/mol. The second kappa shape index (κ2) is 3.92. The van der Waals surface area contributed by atoms with Crippen LogP contribution in [0.1, 0.15) is 13.3 Å². The highest BCUT2D eigenvalue weighted by Gasteiger charge is 2.40. The molecule has 1 aliphatic rings. The maximum Gasteiger partial charge on any atom is 0.263 e. The molecule has 19 heavy (non-hydrogen) atoms. The summed E-state index contributed by atoms with van der Waals surface area (Å²) in [5, 5.41) is 11.6. The summed E-state index contributed by atoms with van der Waals surface area (Å²) in [5.74, 6) is -0.00149. The summed E-state index contributed by atoms with van der Waals surface area (Å²) in [7, 11) is -3.74. The standard InChI is InChI=1S/C10H14N4O3S2/c1-10(15)2-3-13(6-10)19(16,17)8-7(11)12-9-14(8)4-5-18-9/h4-5,15H,2-3,6,11H2,1H3. The Hall–Kier alpha value is -1.16. The number of nitrogen functional groups attached to an aromatic ring is 1. The van der Waals surface area contributed by atoms with E-state index in [1.807, 2.05) is 0 Å². The van der Waals surface area contributed by atoms with E-state index in [0.717, 1.165) is 0 Å². The Kier molecular flexibility index (Phi) is 2.65. The van der Waals surface area contributed by atoms with Gasteiger partial charge in [-0.25, -0.2) is 13.4 Å². The number of aromatic nitrogens is 2. The Morgan fingerprint density at radius 1 is 1.58 bits per heavy atom. The highest BCUT2D eigenvalue weighted by atomic mass is 32.2. The summed E-state index contributed by atoms with van der Waals surface area (Å²) in [6.45, 7) is 1.99. The first-order chi connectivity index (χ1) is 8.81. The molecule has 0 spiro atoms. The number of hydrogen-bond donors (Lipinski definition) is 2. The van der Waals surface area contributed by atoms with Crippen LogP contribution in [0.2, 0.25) is 0 Å². The van der Waals surface area contributed by atoms with Crippen molar-refractivity contribution in [2.75, 3.05) is 18.8 Å². The molecule has 1 fully saturated rings. The number of sulfonamides is 1. The van der Waals surface area contributed by atoms with Crippen molar-refractivity contribution in [2.24, 2.45) is 0 Å². The van der Waals surface area contributed by atoms with Crippen molar-refractivity contribution < 1.29 is 13.5 Å². The number of imidazole rings is 1. The fraction of sp³-hybridized carbons (Fsp3) is 0.500. The second-order valence-corrected chi connectivity index (χ2v) is 7.67. The van der Waals surface area contributed by atoms with Crippen LogP contribution >= 0.6 is 11.3 Å². The third kappa shape index (κ3) is 1.93. The van der Waals surface area contributed by atoms with Gasteiger partial charge in [0.15, 0.2) is 15.8 Å². The van der Waals surface area contributed by atoms with Gasteiger partial charge in [-0.15, -0.1) is 11.3 Å². The number of hydrogen-bond acceptors (Lipinski definition) is 6. The van der Waals surface area contributed by atoms with Crippen LogP contribution in [0, 0.1) is 0 Å². The zero-order chi connectivity index (χ0) is 13.8.